The molecule has 1 aliphatic heterocycles. The van der Waals surface area contributed by atoms with Crippen molar-refractivity contribution >= 4 is 10.0 Å². The Labute approximate surface area is 105 Å². The first-order valence-electron chi connectivity index (χ1n) is 6.27. The van der Waals surface area contributed by atoms with Crippen LogP contribution in [0.25, 0.3) is 0 Å². The third-order valence-corrected chi connectivity index (χ3v) is 5.11. The van der Waals surface area contributed by atoms with Gasteiger partial charge in [-0.3, -0.25) is 0 Å². The van der Waals surface area contributed by atoms with Crippen LogP contribution in [0.5, 0.6) is 0 Å². The summed E-state index contributed by atoms with van der Waals surface area (Å²) in [5, 5.41) is 2.51. The van der Waals surface area contributed by atoms with Gasteiger partial charge in [0.2, 0.25) is 10.0 Å². The largest absolute Gasteiger partial charge is 0.318 e. The van der Waals surface area contributed by atoms with E-state index in [-0.39, 0.29) is 5.25 Å². The molecule has 1 aliphatic rings. The molecule has 2 atom stereocenters. The molecule has 2 unspecified atom stereocenters. The van der Waals surface area contributed by atoms with Gasteiger partial charge in [-0.15, -0.1) is 0 Å². The first-order valence-corrected chi connectivity index (χ1v) is 7.82. The van der Waals surface area contributed by atoms with Crippen molar-refractivity contribution in [3.8, 4) is 0 Å². The highest BCUT2D eigenvalue weighted by atomic mass is 32.2. The number of sulfonamides is 1. The predicted octanol–water partition coefficient (Wildman–Crippen LogP) is -0.144. The van der Waals surface area contributed by atoms with Crippen LogP contribution in [0.3, 0.4) is 0 Å². The van der Waals surface area contributed by atoms with E-state index in [0.717, 1.165) is 25.9 Å². The molecule has 0 aromatic heterocycles. The van der Waals surface area contributed by atoms with E-state index in [1.165, 1.54) is 0 Å². The number of piperidine rings is 1. The van der Waals surface area contributed by atoms with E-state index in [4.69, 9.17) is 0 Å². The molecule has 0 aromatic rings. The van der Waals surface area contributed by atoms with Gasteiger partial charge in [-0.25, -0.2) is 13.1 Å². The third kappa shape index (κ3) is 4.91. The SMILES string of the molecule is CNCC(C)S(=O)(=O)NCC1CCCN(C)C1. The van der Waals surface area contributed by atoms with Crippen LogP contribution < -0.4 is 10.0 Å². The molecule has 17 heavy (non-hydrogen) atoms. The summed E-state index contributed by atoms with van der Waals surface area (Å²) in [6, 6.07) is 0. The average molecular weight is 263 g/mol. The first kappa shape index (κ1) is 14.9. The van der Waals surface area contributed by atoms with Crippen molar-refractivity contribution in [1.82, 2.24) is 14.9 Å². The fourth-order valence-corrected chi connectivity index (χ4v) is 3.35. The van der Waals surface area contributed by atoms with Gasteiger partial charge < -0.3 is 10.2 Å². The van der Waals surface area contributed by atoms with Gasteiger partial charge in [0.15, 0.2) is 0 Å². The van der Waals surface area contributed by atoms with Crippen molar-refractivity contribution in [3.63, 3.8) is 0 Å². The van der Waals surface area contributed by atoms with E-state index in [2.05, 4.69) is 22.0 Å². The van der Waals surface area contributed by atoms with Crippen molar-refractivity contribution < 1.29 is 8.42 Å². The maximum absolute atomic E-state index is 11.9. The number of hydrogen-bond donors (Lipinski definition) is 2. The summed E-state index contributed by atoms with van der Waals surface area (Å²) in [6.45, 7) is 4.90. The van der Waals surface area contributed by atoms with E-state index >= 15 is 0 Å². The van der Waals surface area contributed by atoms with Crippen molar-refractivity contribution in [2.24, 2.45) is 5.92 Å². The normalized spacial score (nSPS) is 24.8. The molecule has 0 aliphatic carbocycles. The maximum atomic E-state index is 11.9. The quantitative estimate of drug-likeness (QED) is 0.700. The van der Waals surface area contributed by atoms with Gasteiger partial charge in [0, 0.05) is 19.6 Å². The monoisotopic (exact) mass is 263 g/mol. The standard InChI is InChI=1S/C11H25N3O2S/c1-10(7-12-2)17(15,16)13-8-11-5-4-6-14(3)9-11/h10-13H,4-9H2,1-3H3. The van der Waals surface area contributed by atoms with Crippen molar-refractivity contribution in [2.45, 2.75) is 25.0 Å². The zero-order chi connectivity index (χ0) is 12.9. The molecule has 0 amide bonds. The molecule has 1 saturated heterocycles. The lowest BCUT2D eigenvalue weighted by Crippen LogP contribution is -2.43. The lowest BCUT2D eigenvalue weighted by Gasteiger charge is -2.30. The van der Waals surface area contributed by atoms with Crippen LogP contribution in [0.1, 0.15) is 19.8 Å². The maximum Gasteiger partial charge on any atom is 0.215 e. The zero-order valence-electron chi connectivity index (χ0n) is 11.1. The number of rotatable bonds is 6. The highest BCUT2D eigenvalue weighted by Gasteiger charge is 2.23. The van der Waals surface area contributed by atoms with Crippen LogP contribution in [0.2, 0.25) is 0 Å². The summed E-state index contributed by atoms with van der Waals surface area (Å²) in [7, 11) is 0.683. The molecule has 0 bridgehead atoms. The molecule has 0 spiro atoms. The van der Waals surface area contributed by atoms with Crippen LogP contribution in [0.15, 0.2) is 0 Å². The third-order valence-electron chi connectivity index (χ3n) is 3.32. The van der Waals surface area contributed by atoms with Gasteiger partial charge in [0.1, 0.15) is 0 Å². The van der Waals surface area contributed by atoms with Gasteiger partial charge in [-0.2, -0.15) is 0 Å². The summed E-state index contributed by atoms with van der Waals surface area (Å²) in [4.78, 5) is 2.26. The lowest BCUT2D eigenvalue weighted by molar-refractivity contribution is 0.211. The Bertz CT molecular complexity index is 319. The van der Waals surface area contributed by atoms with Crippen molar-refractivity contribution in [3.05, 3.63) is 0 Å². The summed E-state index contributed by atoms with van der Waals surface area (Å²) < 4.78 is 26.5. The van der Waals surface area contributed by atoms with Crippen LogP contribution >= 0.6 is 0 Å². The molecular formula is C11H25N3O2S. The molecule has 102 valence electrons. The minimum absolute atomic E-state index is 0.381. The molecule has 2 N–H and O–H groups in total. The zero-order valence-corrected chi connectivity index (χ0v) is 11.9. The van der Waals surface area contributed by atoms with Gasteiger partial charge in [0.25, 0.3) is 0 Å². The topological polar surface area (TPSA) is 61.4 Å². The molecule has 0 saturated carbocycles. The van der Waals surface area contributed by atoms with Gasteiger partial charge in [-0.1, -0.05) is 0 Å². The van der Waals surface area contributed by atoms with Crippen molar-refractivity contribution in [2.75, 3.05) is 40.3 Å². The van der Waals surface area contributed by atoms with E-state index in [1.807, 2.05) is 0 Å². The molecule has 1 rings (SSSR count). The minimum atomic E-state index is -3.17. The second kappa shape index (κ2) is 6.68. The van der Waals surface area contributed by atoms with E-state index in [0.29, 0.717) is 19.0 Å². The fraction of sp³-hybridized carbons (Fsp3) is 1.00. The van der Waals surface area contributed by atoms with Gasteiger partial charge >= 0.3 is 0 Å². The molecular weight excluding hydrogens is 238 g/mol. The Kier molecular flexibility index (Phi) is 5.85. The van der Waals surface area contributed by atoms with Gasteiger partial charge in [0.05, 0.1) is 5.25 Å². The Morgan fingerprint density at radius 3 is 2.76 bits per heavy atom. The Hall–Kier alpha value is -0.170. The van der Waals surface area contributed by atoms with Crippen LogP contribution in [-0.4, -0.2) is 58.8 Å². The first-order chi connectivity index (χ1) is 7.95. The lowest BCUT2D eigenvalue weighted by atomic mass is 9.99. The molecule has 1 fully saturated rings. The molecule has 1 heterocycles. The average Bonchev–Trinajstić information content (AvgIpc) is 2.27. The molecule has 5 nitrogen and oxygen atoms in total. The number of likely N-dealkylation sites (tertiary alicyclic amines) is 1. The summed E-state index contributed by atoms with van der Waals surface area (Å²) in [5.41, 5.74) is 0. The smallest absolute Gasteiger partial charge is 0.215 e. The Balaban J connectivity index is 2.38. The number of nitrogens with zero attached hydrogens (tertiary/aromatic N) is 1. The second-order valence-corrected chi connectivity index (χ2v) is 7.22. The number of hydrogen-bond acceptors (Lipinski definition) is 4. The molecule has 0 aromatic carbocycles. The highest BCUT2D eigenvalue weighted by Crippen LogP contribution is 2.14. The summed E-state index contributed by atoms with van der Waals surface area (Å²) in [6.07, 6.45) is 2.28. The second-order valence-electron chi connectivity index (χ2n) is 5.03. The van der Waals surface area contributed by atoms with Gasteiger partial charge in [-0.05, 0) is 46.3 Å². The van der Waals surface area contributed by atoms with Crippen LogP contribution in [-0.2, 0) is 10.0 Å². The predicted molar refractivity (Wildman–Crippen MR) is 70.5 cm³/mol. The summed E-state index contributed by atoms with van der Waals surface area (Å²) in [5.74, 6) is 0.449. The molecule has 0 radical (unpaired) electrons. The Morgan fingerprint density at radius 2 is 2.18 bits per heavy atom. The minimum Gasteiger partial charge on any atom is -0.318 e. The molecule has 6 heteroatoms. The van der Waals surface area contributed by atoms with E-state index in [1.54, 1.807) is 14.0 Å². The Morgan fingerprint density at radius 1 is 1.47 bits per heavy atom. The number of nitrogens with one attached hydrogen (secondary N) is 2. The van der Waals surface area contributed by atoms with E-state index < -0.39 is 10.0 Å². The van der Waals surface area contributed by atoms with E-state index in [9.17, 15) is 8.42 Å². The summed E-state index contributed by atoms with van der Waals surface area (Å²) >= 11 is 0. The van der Waals surface area contributed by atoms with Crippen LogP contribution in [0, 0.1) is 5.92 Å². The fourth-order valence-electron chi connectivity index (χ4n) is 2.21. The van der Waals surface area contributed by atoms with Crippen molar-refractivity contribution in [1.29, 1.82) is 0 Å². The highest BCUT2D eigenvalue weighted by molar-refractivity contribution is 7.90. The van der Waals surface area contributed by atoms with Crippen LogP contribution in [0.4, 0.5) is 0 Å².